The summed E-state index contributed by atoms with van der Waals surface area (Å²) < 4.78 is 0. The van der Waals surface area contributed by atoms with Crippen LogP contribution in [0.15, 0.2) is 0 Å². The molecule has 0 aliphatic heterocycles. The summed E-state index contributed by atoms with van der Waals surface area (Å²) in [4.78, 5) is 15.9. The van der Waals surface area contributed by atoms with E-state index in [4.69, 9.17) is 5.11 Å². The van der Waals surface area contributed by atoms with E-state index in [0.29, 0.717) is 5.82 Å². The van der Waals surface area contributed by atoms with Gasteiger partial charge in [0, 0.05) is 18.6 Å². The Morgan fingerprint density at radius 2 is 2.06 bits per heavy atom. The van der Waals surface area contributed by atoms with Gasteiger partial charge in [-0.15, -0.1) is 5.10 Å². The lowest BCUT2D eigenvalue weighted by atomic mass is 10.1. The number of hydrogen-bond acceptors (Lipinski definition) is 4. The minimum atomic E-state index is -0.319. The van der Waals surface area contributed by atoms with Crippen molar-refractivity contribution in [3.63, 3.8) is 0 Å². The van der Waals surface area contributed by atoms with Crippen molar-refractivity contribution in [2.45, 2.75) is 39.7 Å². The van der Waals surface area contributed by atoms with Crippen molar-refractivity contribution in [3.05, 3.63) is 11.6 Å². The summed E-state index contributed by atoms with van der Waals surface area (Å²) in [5, 5.41) is 18.3. The highest BCUT2D eigenvalue weighted by atomic mass is 16.3. The molecule has 1 aromatic heterocycles. The zero-order valence-corrected chi connectivity index (χ0v) is 10.7. The number of amides is 1. The molecular formula is C11H20N4O2. The van der Waals surface area contributed by atoms with Gasteiger partial charge in [-0.25, -0.2) is 4.98 Å². The van der Waals surface area contributed by atoms with Gasteiger partial charge in [-0.1, -0.05) is 20.8 Å². The molecule has 2 atom stereocenters. The van der Waals surface area contributed by atoms with Crippen molar-refractivity contribution < 1.29 is 9.90 Å². The predicted octanol–water partition coefficient (Wildman–Crippen LogP) is 0.675. The first-order chi connectivity index (χ1) is 7.95. The van der Waals surface area contributed by atoms with Crippen LogP contribution in [0.3, 0.4) is 0 Å². The van der Waals surface area contributed by atoms with Crippen molar-refractivity contribution in [1.82, 2.24) is 20.5 Å². The molecule has 1 aromatic rings. The highest BCUT2D eigenvalue weighted by molar-refractivity contribution is 5.90. The third-order valence-electron chi connectivity index (χ3n) is 2.75. The van der Waals surface area contributed by atoms with Crippen LogP contribution in [0.25, 0.3) is 0 Å². The summed E-state index contributed by atoms with van der Waals surface area (Å²) >= 11 is 0. The van der Waals surface area contributed by atoms with Crippen LogP contribution >= 0.6 is 0 Å². The molecule has 0 fully saturated rings. The lowest BCUT2D eigenvalue weighted by molar-refractivity contribution is 0.0906. The largest absolute Gasteiger partial charge is 0.396 e. The van der Waals surface area contributed by atoms with E-state index in [-0.39, 0.29) is 36.2 Å². The average molecular weight is 240 g/mol. The van der Waals surface area contributed by atoms with E-state index in [1.165, 1.54) is 0 Å². The average Bonchev–Trinajstić information content (AvgIpc) is 2.77. The molecule has 6 heteroatoms. The summed E-state index contributed by atoms with van der Waals surface area (Å²) in [5.41, 5.74) is 0. The van der Waals surface area contributed by atoms with Crippen LogP contribution in [0, 0.1) is 5.92 Å². The fourth-order valence-corrected chi connectivity index (χ4v) is 1.21. The molecule has 1 amide bonds. The number of aromatic amines is 1. The predicted molar refractivity (Wildman–Crippen MR) is 63.6 cm³/mol. The molecule has 1 rings (SSSR count). The zero-order chi connectivity index (χ0) is 13.0. The molecule has 17 heavy (non-hydrogen) atoms. The van der Waals surface area contributed by atoms with Gasteiger partial charge in [0.25, 0.3) is 5.91 Å². The number of nitrogens with one attached hydrogen (secondary N) is 2. The van der Waals surface area contributed by atoms with Gasteiger partial charge in [0.2, 0.25) is 5.82 Å². The lowest BCUT2D eigenvalue weighted by Gasteiger charge is -2.18. The van der Waals surface area contributed by atoms with Crippen molar-refractivity contribution >= 4 is 5.91 Å². The maximum atomic E-state index is 11.8. The second kappa shape index (κ2) is 5.77. The number of H-pyrrole nitrogens is 1. The summed E-state index contributed by atoms with van der Waals surface area (Å²) in [7, 11) is 0. The summed E-state index contributed by atoms with van der Waals surface area (Å²) in [6, 6.07) is -0.117. The Labute approximate surface area is 101 Å². The highest BCUT2D eigenvalue weighted by Gasteiger charge is 2.18. The molecule has 0 bridgehead atoms. The topological polar surface area (TPSA) is 90.9 Å². The Balaban J connectivity index is 2.63. The van der Waals surface area contributed by atoms with Crippen LogP contribution in [0.4, 0.5) is 0 Å². The smallest absolute Gasteiger partial charge is 0.291 e. The third-order valence-corrected chi connectivity index (χ3v) is 2.75. The number of nitrogens with zero attached hydrogens (tertiary/aromatic N) is 2. The lowest BCUT2D eigenvalue weighted by Crippen LogP contribution is -2.38. The van der Waals surface area contributed by atoms with Gasteiger partial charge in [-0.3, -0.25) is 9.89 Å². The molecule has 0 radical (unpaired) electrons. The number of rotatable bonds is 5. The monoisotopic (exact) mass is 240 g/mol. The maximum absolute atomic E-state index is 11.8. The molecule has 96 valence electrons. The summed E-state index contributed by atoms with van der Waals surface area (Å²) in [6.45, 7) is 7.68. The van der Waals surface area contributed by atoms with Gasteiger partial charge in [0.15, 0.2) is 0 Å². The first-order valence-corrected chi connectivity index (χ1v) is 5.79. The minimum Gasteiger partial charge on any atom is -0.396 e. The van der Waals surface area contributed by atoms with E-state index in [1.54, 1.807) is 0 Å². The minimum absolute atomic E-state index is 0.00228. The molecule has 6 nitrogen and oxygen atoms in total. The first-order valence-electron chi connectivity index (χ1n) is 5.79. The van der Waals surface area contributed by atoms with Gasteiger partial charge in [0.05, 0.1) is 0 Å². The van der Waals surface area contributed by atoms with E-state index < -0.39 is 0 Å². The van der Waals surface area contributed by atoms with E-state index >= 15 is 0 Å². The molecule has 1 heterocycles. The SMILES string of the molecule is CC(C)c1nc(C(=O)NC(C)C(C)CO)n[nH]1. The van der Waals surface area contributed by atoms with E-state index in [1.807, 2.05) is 27.7 Å². The van der Waals surface area contributed by atoms with Crippen LogP contribution in [0.5, 0.6) is 0 Å². The van der Waals surface area contributed by atoms with Crippen LogP contribution in [-0.2, 0) is 0 Å². The van der Waals surface area contributed by atoms with Crippen molar-refractivity contribution in [3.8, 4) is 0 Å². The van der Waals surface area contributed by atoms with Crippen molar-refractivity contribution in [2.24, 2.45) is 5.92 Å². The molecule has 0 spiro atoms. The number of hydrogen-bond donors (Lipinski definition) is 3. The second-order valence-electron chi connectivity index (χ2n) is 4.62. The zero-order valence-electron chi connectivity index (χ0n) is 10.7. The van der Waals surface area contributed by atoms with Crippen LogP contribution in [-0.4, -0.2) is 38.8 Å². The fourth-order valence-electron chi connectivity index (χ4n) is 1.21. The molecule has 0 aromatic carbocycles. The Morgan fingerprint density at radius 1 is 1.41 bits per heavy atom. The third kappa shape index (κ3) is 3.52. The number of carbonyl (C=O) groups excluding carboxylic acids is 1. The summed E-state index contributed by atoms with van der Waals surface area (Å²) in [6.07, 6.45) is 0. The van der Waals surface area contributed by atoms with Crippen LogP contribution in [0.1, 0.15) is 50.1 Å². The van der Waals surface area contributed by atoms with Gasteiger partial charge in [0.1, 0.15) is 5.82 Å². The quantitative estimate of drug-likeness (QED) is 0.705. The first kappa shape index (κ1) is 13.6. The molecule has 0 aliphatic rings. The van der Waals surface area contributed by atoms with Crippen molar-refractivity contribution in [1.29, 1.82) is 0 Å². The second-order valence-corrected chi connectivity index (χ2v) is 4.62. The Kier molecular flexibility index (Phi) is 4.62. The number of aromatic nitrogens is 3. The van der Waals surface area contributed by atoms with Crippen LogP contribution in [0.2, 0.25) is 0 Å². The number of carbonyl (C=O) groups is 1. The van der Waals surface area contributed by atoms with Gasteiger partial charge >= 0.3 is 0 Å². The van der Waals surface area contributed by atoms with Crippen molar-refractivity contribution in [2.75, 3.05) is 6.61 Å². The standard InChI is InChI=1S/C11H20N4O2/c1-6(2)9-13-10(15-14-9)11(17)12-8(4)7(3)5-16/h6-8,16H,5H2,1-4H3,(H,12,17)(H,13,14,15). The Hall–Kier alpha value is -1.43. The summed E-state index contributed by atoms with van der Waals surface area (Å²) in [5.74, 6) is 0.727. The normalized spacial score (nSPS) is 14.7. The molecule has 0 saturated heterocycles. The number of aliphatic hydroxyl groups excluding tert-OH is 1. The highest BCUT2D eigenvalue weighted by Crippen LogP contribution is 2.08. The molecule has 0 aliphatic carbocycles. The Morgan fingerprint density at radius 3 is 2.53 bits per heavy atom. The molecule has 0 saturated carbocycles. The van der Waals surface area contributed by atoms with E-state index in [0.717, 1.165) is 0 Å². The molecule has 3 N–H and O–H groups in total. The Bertz CT molecular complexity index is 375. The maximum Gasteiger partial charge on any atom is 0.291 e. The number of aliphatic hydroxyl groups is 1. The van der Waals surface area contributed by atoms with Crippen LogP contribution < -0.4 is 5.32 Å². The van der Waals surface area contributed by atoms with Gasteiger partial charge < -0.3 is 10.4 Å². The fraction of sp³-hybridized carbons (Fsp3) is 0.727. The van der Waals surface area contributed by atoms with E-state index in [2.05, 4.69) is 20.5 Å². The molecule has 2 unspecified atom stereocenters. The molecular weight excluding hydrogens is 220 g/mol. The van der Waals surface area contributed by atoms with Gasteiger partial charge in [-0.2, -0.15) is 0 Å². The van der Waals surface area contributed by atoms with E-state index in [9.17, 15) is 4.79 Å². The van der Waals surface area contributed by atoms with Gasteiger partial charge in [-0.05, 0) is 12.8 Å².